The largest absolute Gasteiger partial charge is 0.398 e. The third-order valence-corrected chi connectivity index (χ3v) is 3.57. The Morgan fingerprint density at radius 1 is 1.29 bits per heavy atom. The van der Waals surface area contributed by atoms with Gasteiger partial charge in [0, 0.05) is 36.3 Å². The van der Waals surface area contributed by atoms with E-state index in [4.69, 9.17) is 11.5 Å². The van der Waals surface area contributed by atoms with Crippen molar-refractivity contribution in [3.8, 4) is 0 Å². The molecule has 0 saturated carbocycles. The number of aromatic amines is 1. The van der Waals surface area contributed by atoms with Gasteiger partial charge in [0.2, 0.25) is 0 Å². The van der Waals surface area contributed by atoms with Crippen LogP contribution in [-0.2, 0) is 0 Å². The Kier molecular flexibility index (Phi) is 4.18. The van der Waals surface area contributed by atoms with E-state index in [1.807, 2.05) is 0 Å². The number of nitrogen functional groups attached to an aromatic ring is 2. The van der Waals surface area contributed by atoms with Gasteiger partial charge in [0.05, 0.1) is 0 Å². The van der Waals surface area contributed by atoms with Gasteiger partial charge in [-0.3, -0.25) is 9.59 Å². The van der Waals surface area contributed by atoms with Gasteiger partial charge >= 0.3 is 0 Å². The highest BCUT2D eigenvalue weighted by atomic mass is 32.2. The Labute approximate surface area is 125 Å². The molecule has 7 nitrogen and oxygen atoms in total. The molecule has 0 aliphatic carbocycles. The lowest BCUT2D eigenvalue weighted by Gasteiger charge is -2.12. The van der Waals surface area contributed by atoms with Gasteiger partial charge in [-0.2, -0.15) is 0 Å². The van der Waals surface area contributed by atoms with Gasteiger partial charge in [0.15, 0.2) is 5.16 Å². The van der Waals surface area contributed by atoms with Crippen molar-refractivity contribution in [2.24, 2.45) is 0 Å². The number of nitrogens with two attached hydrogens (primary N) is 2. The summed E-state index contributed by atoms with van der Waals surface area (Å²) >= 11 is 1.14. The minimum atomic E-state index is -0.343. The number of anilines is 2. The van der Waals surface area contributed by atoms with Gasteiger partial charge in [-0.15, -0.1) is 0 Å². The Morgan fingerprint density at radius 2 is 2.00 bits per heavy atom. The maximum Gasteiger partial charge on any atom is 0.253 e. The highest BCUT2D eigenvalue weighted by Gasteiger charge is 2.12. The predicted molar refractivity (Wildman–Crippen MR) is 82.3 cm³/mol. The summed E-state index contributed by atoms with van der Waals surface area (Å²) < 4.78 is 0. The van der Waals surface area contributed by atoms with Crippen LogP contribution in [0.4, 0.5) is 11.5 Å². The number of hydrogen-bond donors (Lipinski definition) is 3. The predicted octanol–water partition coefficient (Wildman–Crippen LogP) is 0.787. The molecule has 2 rings (SSSR count). The Balaban J connectivity index is 2.37. The number of rotatable bonds is 3. The molecule has 0 saturated heterocycles. The molecule has 0 bridgehead atoms. The molecule has 2 aromatic rings. The number of nitrogens with zero attached hydrogens (tertiary/aromatic N) is 2. The summed E-state index contributed by atoms with van der Waals surface area (Å²) in [6.45, 7) is 0. The number of H-pyrrole nitrogens is 1. The summed E-state index contributed by atoms with van der Waals surface area (Å²) in [6, 6.07) is 6.14. The zero-order valence-corrected chi connectivity index (χ0v) is 12.4. The van der Waals surface area contributed by atoms with Gasteiger partial charge in [0.25, 0.3) is 11.5 Å². The summed E-state index contributed by atoms with van der Waals surface area (Å²) in [5.41, 5.74) is 12.1. The molecule has 0 aliphatic rings. The van der Waals surface area contributed by atoms with E-state index in [1.54, 1.807) is 32.3 Å². The number of carbonyl (C=O) groups is 1. The first kappa shape index (κ1) is 14.9. The van der Waals surface area contributed by atoms with Crippen LogP contribution in [0.1, 0.15) is 10.4 Å². The molecule has 1 aromatic carbocycles. The molecule has 5 N–H and O–H groups in total. The van der Waals surface area contributed by atoms with Crippen LogP contribution in [0.5, 0.6) is 0 Å². The smallest absolute Gasteiger partial charge is 0.253 e. The molecule has 0 unspecified atom stereocenters. The SMILES string of the molecule is CN(C)C(=O)c1ccc(N)c(Sc2nc(N)cc(=O)[nH]2)c1. The summed E-state index contributed by atoms with van der Waals surface area (Å²) in [4.78, 5) is 32.0. The Morgan fingerprint density at radius 3 is 2.62 bits per heavy atom. The van der Waals surface area contributed by atoms with Crippen molar-refractivity contribution < 1.29 is 4.79 Å². The van der Waals surface area contributed by atoms with Crippen molar-refractivity contribution in [2.45, 2.75) is 10.1 Å². The second-order valence-corrected chi connectivity index (χ2v) is 5.56. The van der Waals surface area contributed by atoms with Crippen molar-refractivity contribution in [3.63, 3.8) is 0 Å². The second kappa shape index (κ2) is 5.88. The number of benzene rings is 1. The van der Waals surface area contributed by atoms with Crippen LogP contribution in [0.15, 0.2) is 39.1 Å². The molecule has 110 valence electrons. The molecule has 0 atom stereocenters. The van der Waals surface area contributed by atoms with Crippen LogP contribution in [0.3, 0.4) is 0 Å². The fourth-order valence-corrected chi connectivity index (χ4v) is 2.50. The van der Waals surface area contributed by atoms with E-state index >= 15 is 0 Å². The molecule has 21 heavy (non-hydrogen) atoms. The van der Waals surface area contributed by atoms with Crippen molar-refractivity contribution >= 4 is 29.2 Å². The van der Waals surface area contributed by atoms with E-state index in [0.29, 0.717) is 21.3 Å². The van der Waals surface area contributed by atoms with Crippen LogP contribution in [0.25, 0.3) is 0 Å². The number of amides is 1. The highest BCUT2D eigenvalue weighted by Crippen LogP contribution is 2.30. The van der Waals surface area contributed by atoms with E-state index in [9.17, 15) is 9.59 Å². The maximum atomic E-state index is 12.0. The van der Waals surface area contributed by atoms with Crippen LogP contribution < -0.4 is 17.0 Å². The third kappa shape index (κ3) is 3.54. The van der Waals surface area contributed by atoms with Gasteiger partial charge < -0.3 is 21.4 Å². The van der Waals surface area contributed by atoms with Crippen molar-refractivity contribution in [2.75, 3.05) is 25.6 Å². The number of nitrogens with one attached hydrogen (secondary N) is 1. The van der Waals surface area contributed by atoms with Gasteiger partial charge in [-0.05, 0) is 30.0 Å². The van der Waals surface area contributed by atoms with Gasteiger partial charge in [-0.25, -0.2) is 4.98 Å². The average Bonchev–Trinajstić information content (AvgIpc) is 2.39. The molecule has 8 heteroatoms. The average molecular weight is 305 g/mol. The standard InChI is InChI=1S/C13H15N5O2S/c1-18(2)12(20)7-3-4-8(14)9(5-7)21-13-16-10(15)6-11(19)17-13/h3-6H,14H2,1-2H3,(H3,15,16,17,19). The maximum absolute atomic E-state index is 12.0. The van der Waals surface area contributed by atoms with E-state index in [2.05, 4.69) is 9.97 Å². The molecule has 1 aromatic heterocycles. The summed E-state index contributed by atoms with van der Waals surface area (Å²) in [5.74, 6) is -0.00813. The zero-order chi connectivity index (χ0) is 15.6. The van der Waals surface area contributed by atoms with Crippen LogP contribution in [0.2, 0.25) is 0 Å². The number of hydrogen-bond acceptors (Lipinski definition) is 6. The summed E-state index contributed by atoms with van der Waals surface area (Å²) in [7, 11) is 3.34. The normalized spacial score (nSPS) is 10.4. The van der Waals surface area contributed by atoms with Crippen LogP contribution in [0, 0.1) is 0 Å². The molecule has 0 radical (unpaired) electrons. The van der Waals surface area contributed by atoms with E-state index in [-0.39, 0.29) is 17.3 Å². The van der Waals surface area contributed by atoms with Gasteiger partial charge in [0.1, 0.15) is 5.82 Å². The highest BCUT2D eigenvalue weighted by molar-refractivity contribution is 7.99. The second-order valence-electron chi connectivity index (χ2n) is 4.53. The molecular weight excluding hydrogens is 290 g/mol. The van der Waals surface area contributed by atoms with Gasteiger partial charge in [-0.1, -0.05) is 0 Å². The van der Waals surface area contributed by atoms with Crippen LogP contribution >= 0.6 is 11.8 Å². The quantitative estimate of drug-likeness (QED) is 0.570. The monoisotopic (exact) mass is 305 g/mol. The molecule has 0 fully saturated rings. The summed E-state index contributed by atoms with van der Waals surface area (Å²) in [5, 5.41) is 0.321. The third-order valence-electron chi connectivity index (χ3n) is 2.61. The first-order chi connectivity index (χ1) is 9.86. The molecule has 1 heterocycles. The minimum Gasteiger partial charge on any atom is -0.398 e. The molecule has 0 spiro atoms. The van der Waals surface area contributed by atoms with Crippen molar-refractivity contribution in [3.05, 3.63) is 40.2 Å². The van der Waals surface area contributed by atoms with Crippen molar-refractivity contribution in [1.82, 2.24) is 14.9 Å². The molecule has 1 amide bonds. The molecule has 0 aliphatic heterocycles. The minimum absolute atomic E-state index is 0.125. The van der Waals surface area contributed by atoms with E-state index in [0.717, 1.165) is 11.8 Å². The molecular formula is C13H15N5O2S. The lowest BCUT2D eigenvalue weighted by Crippen LogP contribution is -2.21. The Hall–Kier alpha value is -2.48. The van der Waals surface area contributed by atoms with E-state index in [1.165, 1.54) is 11.0 Å². The lowest BCUT2D eigenvalue weighted by molar-refractivity contribution is 0.0827. The number of aromatic nitrogens is 2. The Bertz CT molecular complexity index is 742. The fraction of sp³-hybridized carbons (Fsp3) is 0.154. The zero-order valence-electron chi connectivity index (χ0n) is 11.6. The van der Waals surface area contributed by atoms with Crippen LogP contribution in [-0.4, -0.2) is 34.9 Å². The first-order valence-corrected chi connectivity index (χ1v) is 6.84. The lowest BCUT2D eigenvalue weighted by atomic mass is 10.2. The number of carbonyl (C=O) groups excluding carboxylic acids is 1. The van der Waals surface area contributed by atoms with Crippen molar-refractivity contribution in [1.29, 1.82) is 0 Å². The van der Waals surface area contributed by atoms with E-state index < -0.39 is 0 Å². The fourth-order valence-electron chi connectivity index (χ4n) is 1.62. The summed E-state index contributed by atoms with van der Waals surface area (Å²) in [6.07, 6.45) is 0. The first-order valence-electron chi connectivity index (χ1n) is 6.02. The topological polar surface area (TPSA) is 118 Å².